The molecule has 1 aliphatic heterocycles. The maximum atomic E-state index is 12.5. The number of nitrogens with zero attached hydrogens (tertiary/aromatic N) is 1. The fourth-order valence-electron chi connectivity index (χ4n) is 2.76. The van der Waals surface area contributed by atoms with Gasteiger partial charge in [-0.1, -0.05) is 17.7 Å². The van der Waals surface area contributed by atoms with Crippen LogP contribution >= 0.6 is 22.9 Å². The number of halogens is 1. The van der Waals surface area contributed by atoms with E-state index in [2.05, 4.69) is 0 Å². The lowest BCUT2D eigenvalue weighted by atomic mass is 10.1. The Morgan fingerprint density at radius 1 is 1.26 bits per heavy atom. The number of carbonyl (C=O) groups is 1. The average Bonchev–Trinajstić information content (AvgIpc) is 2.91. The molecular formula is C16H16ClNO3S2. The van der Waals surface area contributed by atoms with E-state index in [0.717, 1.165) is 4.88 Å². The first kappa shape index (κ1) is 16.5. The fourth-order valence-corrected chi connectivity index (χ4v) is 5.94. The zero-order chi connectivity index (χ0) is 16.8. The maximum absolute atomic E-state index is 12.5. The minimum absolute atomic E-state index is 0.0534. The molecule has 1 aromatic heterocycles. The molecule has 0 saturated heterocycles. The molecule has 2 heterocycles. The molecule has 0 unspecified atom stereocenters. The number of hydrogen-bond acceptors (Lipinski definition) is 4. The normalized spacial score (nSPS) is 14.9. The number of rotatable bonds is 3. The summed E-state index contributed by atoms with van der Waals surface area (Å²) in [5.74, 6) is -0.139. The highest BCUT2D eigenvalue weighted by Gasteiger charge is 2.31. The van der Waals surface area contributed by atoms with E-state index in [1.807, 2.05) is 13.8 Å². The molecule has 3 rings (SSSR count). The maximum Gasteiger partial charge on any atom is 0.263 e. The van der Waals surface area contributed by atoms with Crippen molar-refractivity contribution >= 4 is 38.7 Å². The quantitative estimate of drug-likeness (QED) is 0.826. The highest BCUT2D eigenvalue weighted by molar-refractivity contribution is 7.91. The third kappa shape index (κ3) is 2.79. The predicted octanol–water partition coefficient (Wildman–Crippen LogP) is 3.84. The molecule has 1 aliphatic rings. The molecule has 0 fully saturated rings. The molecule has 0 saturated carbocycles. The van der Waals surface area contributed by atoms with Crippen LogP contribution < -0.4 is 0 Å². The van der Waals surface area contributed by atoms with Gasteiger partial charge in [0.15, 0.2) is 9.84 Å². The first-order valence-electron chi connectivity index (χ1n) is 7.32. The van der Waals surface area contributed by atoms with Crippen LogP contribution in [0.3, 0.4) is 0 Å². The smallest absolute Gasteiger partial charge is 0.263 e. The summed E-state index contributed by atoms with van der Waals surface area (Å²) < 4.78 is 24.9. The Balaban J connectivity index is 2.14. The predicted molar refractivity (Wildman–Crippen MR) is 92.9 cm³/mol. The van der Waals surface area contributed by atoms with Crippen LogP contribution in [0.1, 0.15) is 29.1 Å². The molecule has 0 spiro atoms. The molecule has 122 valence electrons. The van der Waals surface area contributed by atoms with Gasteiger partial charge >= 0.3 is 0 Å². The van der Waals surface area contributed by atoms with Crippen molar-refractivity contribution in [2.45, 2.75) is 24.5 Å². The number of carbonyl (C=O) groups excluding carboxylic acids is 1. The topological polar surface area (TPSA) is 54.5 Å². The third-order valence-corrected chi connectivity index (χ3v) is 7.07. The molecule has 0 aliphatic carbocycles. The standard InChI is InChI=1S/C16H16ClNO3S2/c1-3-18(4-2)16(19)13-7-10-9-23(20,21)14-8-11(17)5-6-12(14)15(10)22-13/h5-8H,3-4,9H2,1-2H3. The van der Waals surface area contributed by atoms with Crippen molar-refractivity contribution in [3.05, 3.63) is 39.7 Å². The monoisotopic (exact) mass is 369 g/mol. The van der Waals surface area contributed by atoms with Crippen molar-refractivity contribution in [1.29, 1.82) is 0 Å². The second kappa shape index (κ2) is 5.92. The lowest BCUT2D eigenvalue weighted by molar-refractivity contribution is 0.0777. The molecule has 23 heavy (non-hydrogen) atoms. The van der Waals surface area contributed by atoms with Gasteiger partial charge in [0.05, 0.1) is 15.5 Å². The summed E-state index contributed by atoms with van der Waals surface area (Å²) in [5.41, 5.74) is 1.33. The van der Waals surface area contributed by atoms with E-state index >= 15 is 0 Å². The van der Waals surface area contributed by atoms with Gasteiger partial charge in [-0.25, -0.2) is 8.42 Å². The molecule has 0 N–H and O–H groups in total. The van der Waals surface area contributed by atoms with Gasteiger partial charge in [0.1, 0.15) is 0 Å². The first-order valence-corrected chi connectivity index (χ1v) is 10.2. The van der Waals surface area contributed by atoms with Crippen molar-refractivity contribution in [3.8, 4) is 10.4 Å². The Kier molecular flexibility index (Phi) is 4.25. The van der Waals surface area contributed by atoms with Gasteiger partial charge < -0.3 is 4.90 Å². The van der Waals surface area contributed by atoms with E-state index in [0.29, 0.717) is 34.1 Å². The Morgan fingerprint density at radius 3 is 2.61 bits per heavy atom. The van der Waals surface area contributed by atoms with Gasteiger partial charge in [0, 0.05) is 28.6 Å². The van der Waals surface area contributed by atoms with E-state index in [1.54, 1.807) is 23.1 Å². The van der Waals surface area contributed by atoms with Crippen LogP contribution in [0.5, 0.6) is 0 Å². The molecular weight excluding hydrogens is 354 g/mol. The second-order valence-corrected chi connectivity index (χ2v) is 8.79. The van der Waals surface area contributed by atoms with Crippen molar-refractivity contribution < 1.29 is 13.2 Å². The Hall–Kier alpha value is -1.37. The summed E-state index contributed by atoms with van der Waals surface area (Å²) in [6.45, 7) is 5.11. The van der Waals surface area contributed by atoms with E-state index < -0.39 is 9.84 Å². The molecule has 1 amide bonds. The first-order chi connectivity index (χ1) is 10.9. The van der Waals surface area contributed by atoms with E-state index in [4.69, 9.17) is 11.6 Å². The molecule has 4 nitrogen and oxygen atoms in total. The van der Waals surface area contributed by atoms with E-state index in [-0.39, 0.29) is 16.6 Å². The number of amides is 1. The number of benzene rings is 1. The number of thiophene rings is 1. The average molecular weight is 370 g/mol. The minimum Gasteiger partial charge on any atom is -0.339 e. The summed E-state index contributed by atoms with van der Waals surface area (Å²) in [6, 6.07) is 6.60. The Bertz CT molecular complexity index is 883. The summed E-state index contributed by atoms with van der Waals surface area (Å²) in [6.07, 6.45) is 0. The zero-order valence-electron chi connectivity index (χ0n) is 12.8. The molecule has 0 radical (unpaired) electrons. The van der Waals surface area contributed by atoms with Gasteiger partial charge in [0.25, 0.3) is 5.91 Å². The van der Waals surface area contributed by atoms with Crippen molar-refractivity contribution in [3.63, 3.8) is 0 Å². The van der Waals surface area contributed by atoms with E-state index in [9.17, 15) is 13.2 Å². The largest absolute Gasteiger partial charge is 0.339 e. The van der Waals surface area contributed by atoms with Gasteiger partial charge in [-0.2, -0.15) is 0 Å². The SMILES string of the molecule is CCN(CC)C(=O)c1cc2c(s1)-c1ccc(Cl)cc1S(=O)(=O)C2. The number of sulfone groups is 1. The van der Waals surface area contributed by atoms with Gasteiger partial charge in [-0.3, -0.25) is 4.79 Å². The van der Waals surface area contributed by atoms with Crippen LogP contribution in [-0.2, 0) is 15.6 Å². The molecule has 2 aromatic rings. The lowest BCUT2D eigenvalue weighted by Gasteiger charge is -2.17. The Labute approximate surface area is 144 Å². The van der Waals surface area contributed by atoms with Crippen LogP contribution in [-0.4, -0.2) is 32.3 Å². The summed E-state index contributed by atoms with van der Waals surface area (Å²) in [5, 5.41) is 0.395. The Morgan fingerprint density at radius 2 is 1.96 bits per heavy atom. The zero-order valence-corrected chi connectivity index (χ0v) is 15.2. The molecule has 7 heteroatoms. The summed E-state index contributed by atoms with van der Waals surface area (Å²) in [7, 11) is -3.42. The molecule has 1 aromatic carbocycles. The number of fused-ring (bicyclic) bond motifs is 3. The van der Waals surface area contributed by atoms with E-state index in [1.165, 1.54) is 17.4 Å². The highest BCUT2D eigenvalue weighted by atomic mass is 35.5. The molecule has 0 bridgehead atoms. The van der Waals surface area contributed by atoms with Gasteiger partial charge in [-0.15, -0.1) is 11.3 Å². The fraction of sp³-hybridized carbons (Fsp3) is 0.312. The van der Waals surface area contributed by atoms with Crippen LogP contribution in [0.2, 0.25) is 5.02 Å². The van der Waals surface area contributed by atoms with Crippen LogP contribution in [0.15, 0.2) is 29.2 Å². The third-order valence-electron chi connectivity index (χ3n) is 3.94. The van der Waals surface area contributed by atoms with Crippen LogP contribution in [0.25, 0.3) is 10.4 Å². The van der Waals surface area contributed by atoms with Crippen LogP contribution in [0.4, 0.5) is 0 Å². The lowest BCUT2D eigenvalue weighted by Crippen LogP contribution is -2.29. The van der Waals surface area contributed by atoms with Crippen molar-refractivity contribution in [2.75, 3.05) is 13.1 Å². The summed E-state index contributed by atoms with van der Waals surface area (Å²) >= 11 is 7.30. The second-order valence-electron chi connectivity index (χ2n) is 5.34. The van der Waals surface area contributed by atoms with Crippen LogP contribution in [0, 0.1) is 0 Å². The van der Waals surface area contributed by atoms with Gasteiger partial charge in [0.2, 0.25) is 0 Å². The van der Waals surface area contributed by atoms with Crippen molar-refractivity contribution in [2.24, 2.45) is 0 Å². The van der Waals surface area contributed by atoms with Crippen molar-refractivity contribution in [1.82, 2.24) is 4.90 Å². The highest BCUT2D eigenvalue weighted by Crippen LogP contribution is 2.43. The number of hydrogen-bond donors (Lipinski definition) is 0. The summed E-state index contributed by atoms with van der Waals surface area (Å²) in [4.78, 5) is 15.9. The minimum atomic E-state index is -3.42. The molecule has 0 atom stereocenters. The van der Waals surface area contributed by atoms with Gasteiger partial charge in [-0.05, 0) is 37.6 Å².